The van der Waals surface area contributed by atoms with E-state index in [0.29, 0.717) is 20.8 Å². The molecule has 0 radical (unpaired) electrons. The van der Waals surface area contributed by atoms with Crippen molar-refractivity contribution in [1.82, 2.24) is 4.57 Å². The Labute approximate surface area is 204 Å². The van der Waals surface area contributed by atoms with Gasteiger partial charge in [-0.1, -0.05) is 53.8 Å². The standard InChI is InChI=1S/C27H22N2O3S2/c1-31-21-11-5-10-20(25(21)32-2)24-19-13-12-16-7-3-4-9-18(16)23(19)28-27-29(24)26(30)22(34-27)15-17-8-6-14-33-17/h3-11,14-15,24H,12-13H2,1-2H3. The number of fused-ring (bicyclic) bond motifs is 3. The lowest BCUT2D eigenvalue weighted by molar-refractivity contribution is 0.348. The van der Waals surface area contributed by atoms with Gasteiger partial charge < -0.3 is 9.47 Å². The SMILES string of the molecule is COc1cccc(C2C3=C(N=c4sc(=Cc5cccs5)c(=O)n42)c2ccccc2CC3)c1OC. The molecule has 6 rings (SSSR count). The smallest absolute Gasteiger partial charge is 0.271 e. The molecule has 0 saturated carbocycles. The topological polar surface area (TPSA) is 52.8 Å². The van der Waals surface area contributed by atoms with Gasteiger partial charge in [0.05, 0.1) is 30.5 Å². The number of nitrogens with zero attached hydrogens (tertiary/aromatic N) is 2. The molecule has 2 aromatic carbocycles. The van der Waals surface area contributed by atoms with Crippen LogP contribution in [0, 0.1) is 0 Å². The molecule has 34 heavy (non-hydrogen) atoms. The molecule has 1 atom stereocenters. The largest absolute Gasteiger partial charge is 0.493 e. The molecule has 5 nitrogen and oxygen atoms in total. The molecule has 0 fully saturated rings. The normalized spacial score (nSPS) is 17.0. The maximum absolute atomic E-state index is 13.8. The highest BCUT2D eigenvalue weighted by atomic mass is 32.1. The predicted octanol–water partition coefficient (Wildman–Crippen LogP) is 4.40. The van der Waals surface area contributed by atoms with Gasteiger partial charge in [0.1, 0.15) is 0 Å². The zero-order valence-corrected chi connectivity index (χ0v) is 20.4. The highest BCUT2D eigenvalue weighted by Crippen LogP contribution is 2.45. The summed E-state index contributed by atoms with van der Waals surface area (Å²) in [6.07, 6.45) is 3.70. The summed E-state index contributed by atoms with van der Waals surface area (Å²) in [4.78, 5) is 20.6. The number of ether oxygens (including phenoxy) is 2. The second-order valence-corrected chi connectivity index (χ2v) is 10.2. The van der Waals surface area contributed by atoms with E-state index in [1.54, 1.807) is 25.6 Å². The summed E-state index contributed by atoms with van der Waals surface area (Å²) in [5.74, 6) is 1.30. The van der Waals surface area contributed by atoms with Gasteiger partial charge in [-0.15, -0.1) is 11.3 Å². The van der Waals surface area contributed by atoms with Gasteiger partial charge in [-0.25, -0.2) is 4.99 Å². The van der Waals surface area contributed by atoms with Gasteiger partial charge in [0, 0.05) is 16.0 Å². The number of allylic oxidation sites excluding steroid dienone is 1. The van der Waals surface area contributed by atoms with Crippen molar-refractivity contribution < 1.29 is 9.47 Å². The predicted molar refractivity (Wildman–Crippen MR) is 137 cm³/mol. The molecule has 0 spiro atoms. The zero-order chi connectivity index (χ0) is 23.2. The van der Waals surface area contributed by atoms with Gasteiger partial charge in [0.2, 0.25) is 0 Å². The first-order valence-electron chi connectivity index (χ1n) is 11.1. The van der Waals surface area contributed by atoms with Gasteiger partial charge >= 0.3 is 0 Å². The molecule has 0 bridgehead atoms. The summed E-state index contributed by atoms with van der Waals surface area (Å²) in [5, 5.41) is 2.02. The van der Waals surface area contributed by atoms with E-state index in [4.69, 9.17) is 14.5 Å². The summed E-state index contributed by atoms with van der Waals surface area (Å²) in [7, 11) is 3.28. The number of para-hydroxylation sites is 1. The van der Waals surface area contributed by atoms with Crippen molar-refractivity contribution in [2.45, 2.75) is 18.9 Å². The number of aryl methyl sites for hydroxylation is 1. The van der Waals surface area contributed by atoms with Crippen LogP contribution >= 0.6 is 22.7 Å². The van der Waals surface area contributed by atoms with Gasteiger partial charge in [0.15, 0.2) is 16.3 Å². The third-order valence-corrected chi connectivity index (χ3v) is 8.22. The highest BCUT2D eigenvalue weighted by Gasteiger charge is 2.34. The Morgan fingerprint density at radius 3 is 2.71 bits per heavy atom. The van der Waals surface area contributed by atoms with E-state index >= 15 is 0 Å². The molecule has 2 aliphatic rings. The van der Waals surface area contributed by atoms with Crippen molar-refractivity contribution in [3.8, 4) is 11.5 Å². The van der Waals surface area contributed by atoms with Crippen LogP contribution in [0.25, 0.3) is 11.8 Å². The first-order chi connectivity index (χ1) is 16.7. The number of benzene rings is 2. The molecule has 7 heteroatoms. The second kappa shape index (κ2) is 8.42. The van der Waals surface area contributed by atoms with E-state index in [0.717, 1.165) is 40.1 Å². The van der Waals surface area contributed by atoms with E-state index in [-0.39, 0.29) is 11.6 Å². The van der Waals surface area contributed by atoms with Gasteiger partial charge in [-0.3, -0.25) is 9.36 Å². The quantitative estimate of drug-likeness (QED) is 0.430. The van der Waals surface area contributed by atoms with E-state index in [2.05, 4.69) is 24.3 Å². The summed E-state index contributed by atoms with van der Waals surface area (Å²) in [6, 6.07) is 18.0. The Bertz CT molecular complexity index is 1610. The van der Waals surface area contributed by atoms with Crippen LogP contribution in [0.4, 0.5) is 0 Å². The molecule has 170 valence electrons. The van der Waals surface area contributed by atoms with Crippen LogP contribution in [-0.4, -0.2) is 18.8 Å². The number of aromatic nitrogens is 1. The zero-order valence-electron chi connectivity index (χ0n) is 18.8. The van der Waals surface area contributed by atoms with Crippen LogP contribution in [-0.2, 0) is 6.42 Å². The lowest BCUT2D eigenvalue weighted by Gasteiger charge is -2.31. The number of rotatable bonds is 4. The minimum absolute atomic E-state index is 0.0302. The first-order valence-corrected chi connectivity index (χ1v) is 12.8. The summed E-state index contributed by atoms with van der Waals surface area (Å²) >= 11 is 3.06. The Morgan fingerprint density at radius 2 is 1.91 bits per heavy atom. The van der Waals surface area contributed by atoms with Crippen molar-refractivity contribution in [2.24, 2.45) is 4.99 Å². The molecule has 1 unspecified atom stereocenters. The van der Waals surface area contributed by atoms with Crippen molar-refractivity contribution in [3.63, 3.8) is 0 Å². The average molecular weight is 487 g/mol. The van der Waals surface area contributed by atoms with E-state index in [1.165, 1.54) is 16.9 Å². The Morgan fingerprint density at radius 1 is 1.03 bits per heavy atom. The van der Waals surface area contributed by atoms with Crippen LogP contribution < -0.4 is 24.4 Å². The number of thiophene rings is 1. The third-order valence-electron chi connectivity index (χ3n) is 6.42. The number of hydrogen-bond acceptors (Lipinski definition) is 6. The molecule has 4 aromatic rings. The van der Waals surface area contributed by atoms with Gasteiger partial charge in [0.25, 0.3) is 5.56 Å². The maximum Gasteiger partial charge on any atom is 0.271 e. The molecular formula is C27H22N2O3S2. The van der Waals surface area contributed by atoms with Crippen LogP contribution in [0.15, 0.2) is 75.3 Å². The minimum Gasteiger partial charge on any atom is -0.493 e. The Hall–Kier alpha value is -3.42. The molecule has 0 N–H and O–H groups in total. The molecule has 1 aliphatic carbocycles. The molecule has 2 aromatic heterocycles. The molecule has 0 amide bonds. The Balaban J connectivity index is 1.68. The average Bonchev–Trinajstić information content (AvgIpc) is 3.50. The molecule has 1 aliphatic heterocycles. The van der Waals surface area contributed by atoms with Crippen molar-refractivity contribution >= 4 is 34.4 Å². The van der Waals surface area contributed by atoms with E-state index < -0.39 is 0 Å². The van der Waals surface area contributed by atoms with Crippen molar-refractivity contribution in [3.05, 3.63) is 107 Å². The lowest BCUT2D eigenvalue weighted by Crippen LogP contribution is -2.39. The number of thiazole rings is 1. The third kappa shape index (κ3) is 3.27. The van der Waals surface area contributed by atoms with E-state index in [9.17, 15) is 4.79 Å². The van der Waals surface area contributed by atoms with Gasteiger partial charge in [-0.05, 0) is 47.6 Å². The van der Waals surface area contributed by atoms with Gasteiger partial charge in [-0.2, -0.15) is 0 Å². The molecule has 0 saturated heterocycles. The van der Waals surface area contributed by atoms with E-state index in [1.807, 2.05) is 46.4 Å². The van der Waals surface area contributed by atoms with Crippen molar-refractivity contribution in [1.29, 1.82) is 0 Å². The van der Waals surface area contributed by atoms with Crippen LogP contribution in [0.5, 0.6) is 11.5 Å². The highest BCUT2D eigenvalue weighted by molar-refractivity contribution is 7.11. The minimum atomic E-state index is -0.310. The number of methoxy groups -OCH3 is 2. The Kier molecular flexibility index (Phi) is 5.23. The second-order valence-electron chi connectivity index (χ2n) is 8.21. The summed E-state index contributed by atoms with van der Waals surface area (Å²) < 4.78 is 13.9. The fourth-order valence-corrected chi connectivity index (χ4v) is 6.65. The van der Waals surface area contributed by atoms with Crippen LogP contribution in [0.1, 0.15) is 34.0 Å². The maximum atomic E-state index is 13.8. The number of hydrogen-bond donors (Lipinski definition) is 0. The fourth-order valence-electron chi connectivity index (χ4n) is 4.93. The molecule has 3 heterocycles. The summed E-state index contributed by atoms with van der Waals surface area (Å²) in [6.45, 7) is 0. The van der Waals surface area contributed by atoms with Crippen molar-refractivity contribution in [2.75, 3.05) is 14.2 Å². The first kappa shape index (κ1) is 21.1. The molecular weight excluding hydrogens is 464 g/mol. The van der Waals surface area contributed by atoms with Crippen LogP contribution in [0.2, 0.25) is 0 Å². The lowest BCUT2D eigenvalue weighted by atomic mass is 9.83. The summed E-state index contributed by atoms with van der Waals surface area (Å²) in [5.41, 5.74) is 5.43. The monoisotopic (exact) mass is 486 g/mol. The fraction of sp³-hybridized carbons (Fsp3) is 0.185. The van der Waals surface area contributed by atoms with Crippen LogP contribution in [0.3, 0.4) is 0 Å².